The molecule has 0 bridgehead atoms. The third-order valence-electron chi connectivity index (χ3n) is 4.05. The summed E-state index contributed by atoms with van der Waals surface area (Å²) in [5.74, 6) is -3.48. The van der Waals surface area contributed by atoms with Crippen molar-refractivity contribution in [1.82, 2.24) is 4.31 Å². The summed E-state index contributed by atoms with van der Waals surface area (Å²) < 4.78 is 71.4. The van der Waals surface area contributed by atoms with E-state index in [0.717, 1.165) is 25.3 Å². The van der Waals surface area contributed by atoms with Gasteiger partial charge in [0.15, 0.2) is 0 Å². The van der Waals surface area contributed by atoms with E-state index in [-0.39, 0.29) is 11.4 Å². The molecule has 1 fully saturated rings. The predicted molar refractivity (Wildman–Crippen MR) is 80.7 cm³/mol. The van der Waals surface area contributed by atoms with E-state index in [1.807, 2.05) is 0 Å². The standard InChI is InChI=1S/C12H17FN2O2S.C2HF3O2/c1-15(12(9-14)7-4-8-12)18(16,17)11-6-3-2-5-10(11)13;3-2(4,5)1(6)7/h2-3,5-6H,4,7-9,14H2,1H3;(H,6,7). The molecule has 0 aromatic heterocycles. The van der Waals surface area contributed by atoms with Gasteiger partial charge in [0, 0.05) is 19.1 Å². The van der Waals surface area contributed by atoms with Crippen LogP contribution in [-0.4, -0.2) is 49.1 Å². The molecule has 25 heavy (non-hydrogen) atoms. The summed E-state index contributed by atoms with van der Waals surface area (Å²) in [7, 11) is -2.34. The van der Waals surface area contributed by atoms with Gasteiger partial charge in [0.05, 0.1) is 0 Å². The lowest BCUT2D eigenvalue weighted by atomic mass is 9.77. The lowest BCUT2D eigenvalue weighted by Gasteiger charge is -2.47. The molecular formula is C14H18F4N2O4S. The van der Waals surface area contributed by atoms with E-state index in [1.165, 1.54) is 29.6 Å². The van der Waals surface area contributed by atoms with E-state index in [1.54, 1.807) is 0 Å². The first-order valence-electron chi connectivity index (χ1n) is 7.12. The predicted octanol–water partition coefficient (Wildman–Crippen LogP) is 1.96. The maximum Gasteiger partial charge on any atom is 0.490 e. The Bertz CT molecular complexity index is 712. The average Bonchev–Trinajstić information content (AvgIpc) is 2.46. The fourth-order valence-electron chi connectivity index (χ4n) is 2.29. The van der Waals surface area contributed by atoms with Gasteiger partial charge in [-0.15, -0.1) is 0 Å². The van der Waals surface area contributed by atoms with Crippen LogP contribution in [0.5, 0.6) is 0 Å². The molecule has 1 saturated carbocycles. The zero-order valence-electron chi connectivity index (χ0n) is 13.3. The molecule has 1 aromatic rings. The maximum absolute atomic E-state index is 13.6. The Hall–Kier alpha value is -1.72. The number of rotatable bonds is 4. The monoisotopic (exact) mass is 386 g/mol. The highest BCUT2D eigenvalue weighted by molar-refractivity contribution is 7.89. The summed E-state index contributed by atoms with van der Waals surface area (Å²) in [5, 5.41) is 7.12. The number of alkyl halides is 3. The molecule has 1 aliphatic rings. The molecule has 2 rings (SSSR count). The summed E-state index contributed by atoms with van der Waals surface area (Å²) in [6.07, 6.45) is -2.67. The van der Waals surface area contributed by atoms with Crippen molar-refractivity contribution in [1.29, 1.82) is 0 Å². The Kier molecular flexibility index (Phi) is 6.54. The average molecular weight is 386 g/mol. The fourth-order valence-corrected chi connectivity index (χ4v) is 3.92. The van der Waals surface area contributed by atoms with Crippen LogP contribution in [0.4, 0.5) is 17.6 Å². The topological polar surface area (TPSA) is 101 Å². The minimum atomic E-state index is -5.08. The summed E-state index contributed by atoms with van der Waals surface area (Å²) in [6, 6.07) is 5.41. The van der Waals surface area contributed by atoms with E-state index < -0.39 is 33.5 Å². The third kappa shape index (κ3) is 4.67. The summed E-state index contributed by atoms with van der Waals surface area (Å²) in [5.41, 5.74) is 5.14. The van der Waals surface area contributed by atoms with E-state index in [2.05, 4.69) is 0 Å². The molecule has 6 nitrogen and oxygen atoms in total. The van der Waals surface area contributed by atoms with Crippen LogP contribution < -0.4 is 5.73 Å². The van der Waals surface area contributed by atoms with Crippen molar-refractivity contribution in [2.24, 2.45) is 5.73 Å². The molecule has 0 spiro atoms. The van der Waals surface area contributed by atoms with Crippen molar-refractivity contribution in [3.63, 3.8) is 0 Å². The highest BCUT2D eigenvalue weighted by atomic mass is 32.2. The molecule has 0 atom stereocenters. The minimum absolute atomic E-state index is 0.261. The molecule has 0 radical (unpaired) electrons. The number of carbonyl (C=O) groups is 1. The first-order chi connectivity index (χ1) is 11.4. The lowest BCUT2D eigenvalue weighted by Crippen LogP contribution is -2.58. The highest BCUT2D eigenvalue weighted by Crippen LogP contribution is 2.39. The first kappa shape index (κ1) is 21.3. The number of sulfonamides is 1. The lowest BCUT2D eigenvalue weighted by molar-refractivity contribution is -0.192. The van der Waals surface area contributed by atoms with Gasteiger partial charge >= 0.3 is 12.1 Å². The van der Waals surface area contributed by atoms with Crippen molar-refractivity contribution < 1.29 is 35.9 Å². The van der Waals surface area contributed by atoms with Gasteiger partial charge in [-0.3, -0.25) is 0 Å². The third-order valence-corrected chi connectivity index (χ3v) is 6.05. The van der Waals surface area contributed by atoms with Crippen LogP contribution in [0.2, 0.25) is 0 Å². The summed E-state index contributed by atoms with van der Waals surface area (Å²) in [4.78, 5) is 8.61. The zero-order chi connectivity index (χ0) is 19.5. The van der Waals surface area contributed by atoms with Crippen LogP contribution in [0, 0.1) is 5.82 Å². The Labute approximate surface area is 142 Å². The van der Waals surface area contributed by atoms with Crippen LogP contribution >= 0.6 is 0 Å². The molecule has 0 amide bonds. The second-order valence-electron chi connectivity index (χ2n) is 5.49. The molecule has 3 N–H and O–H groups in total. The Morgan fingerprint density at radius 1 is 1.32 bits per heavy atom. The van der Waals surface area contributed by atoms with Gasteiger partial charge in [0.2, 0.25) is 10.0 Å². The van der Waals surface area contributed by atoms with Crippen LogP contribution in [0.1, 0.15) is 19.3 Å². The maximum atomic E-state index is 13.6. The minimum Gasteiger partial charge on any atom is -0.475 e. The van der Waals surface area contributed by atoms with E-state index in [4.69, 9.17) is 15.6 Å². The Morgan fingerprint density at radius 2 is 1.80 bits per heavy atom. The molecule has 11 heteroatoms. The van der Waals surface area contributed by atoms with Crippen LogP contribution in [0.3, 0.4) is 0 Å². The SMILES string of the molecule is CN(C1(CN)CCC1)S(=O)(=O)c1ccccc1F.O=C(O)C(F)(F)F. The van der Waals surface area contributed by atoms with Gasteiger partial charge in [0.25, 0.3) is 0 Å². The molecule has 142 valence electrons. The number of carboxylic acids is 1. The second-order valence-corrected chi connectivity index (χ2v) is 7.43. The van der Waals surface area contributed by atoms with Crippen molar-refractivity contribution in [2.75, 3.05) is 13.6 Å². The normalized spacial score (nSPS) is 16.6. The van der Waals surface area contributed by atoms with Crippen molar-refractivity contribution in [2.45, 2.75) is 35.9 Å². The number of nitrogens with two attached hydrogens (primary N) is 1. The van der Waals surface area contributed by atoms with Gasteiger partial charge in [-0.25, -0.2) is 17.6 Å². The van der Waals surface area contributed by atoms with Gasteiger partial charge < -0.3 is 10.8 Å². The molecule has 0 unspecified atom stereocenters. The van der Waals surface area contributed by atoms with Gasteiger partial charge in [0.1, 0.15) is 10.7 Å². The van der Waals surface area contributed by atoms with Gasteiger partial charge in [-0.1, -0.05) is 12.1 Å². The molecule has 0 heterocycles. The van der Waals surface area contributed by atoms with Gasteiger partial charge in [-0.2, -0.15) is 17.5 Å². The number of hydrogen-bond donors (Lipinski definition) is 2. The quantitative estimate of drug-likeness (QED) is 0.771. The smallest absolute Gasteiger partial charge is 0.475 e. The highest BCUT2D eigenvalue weighted by Gasteiger charge is 2.45. The molecule has 0 aliphatic heterocycles. The Balaban J connectivity index is 0.000000381. The van der Waals surface area contributed by atoms with E-state index >= 15 is 0 Å². The molecule has 1 aromatic carbocycles. The van der Waals surface area contributed by atoms with Gasteiger partial charge in [-0.05, 0) is 31.4 Å². The first-order valence-corrected chi connectivity index (χ1v) is 8.56. The summed E-state index contributed by atoms with van der Waals surface area (Å²) in [6.45, 7) is 0.261. The number of benzene rings is 1. The van der Waals surface area contributed by atoms with Crippen LogP contribution in [0.15, 0.2) is 29.2 Å². The van der Waals surface area contributed by atoms with Crippen LogP contribution in [-0.2, 0) is 14.8 Å². The number of halogens is 4. The largest absolute Gasteiger partial charge is 0.490 e. The fraction of sp³-hybridized carbons (Fsp3) is 0.500. The number of aliphatic carboxylic acids is 1. The Morgan fingerprint density at radius 3 is 2.12 bits per heavy atom. The number of hydrogen-bond acceptors (Lipinski definition) is 4. The van der Waals surface area contributed by atoms with Crippen LogP contribution in [0.25, 0.3) is 0 Å². The number of nitrogens with zero attached hydrogens (tertiary/aromatic N) is 1. The van der Waals surface area contributed by atoms with Crippen molar-refractivity contribution in [3.05, 3.63) is 30.1 Å². The van der Waals surface area contributed by atoms with Crippen molar-refractivity contribution in [3.8, 4) is 0 Å². The number of likely N-dealkylation sites (N-methyl/N-ethyl adjacent to an activating group) is 1. The van der Waals surface area contributed by atoms with E-state index in [9.17, 15) is 26.0 Å². The zero-order valence-corrected chi connectivity index (χ0v) is 14.1. The number of carboxylic acid groups (broad SMARTS) is 1. The molecular weight excluding hydrogens is 368 g/mol. The van der Waals surface area contributed by atoms with E-state index in [0.29, 0.717) is 0 Å². The summed E-state index contributed by atoms with van der Waals surface area (Å²) >= 11 is 0. The second kappa shape index (κ2) is 7.67. The molecule has 0 saturated heterocycles. The molecule has 1 aliphatic carbocycles. The van der Waals surface area contributed by atoms with Crippen molar-refractivity contribution >= 4 is 16.0 Å².